The quantitative estimate of drug-likeness (QED) is 0.388. The van der Waals surface area contributed by atoms with E-state index in [4.69, 9.17) is 9.47 Å². The maximum atomic E-state index is 11.7. The number of thiazole rings is 1. The van der Waals surface area contributed by atoms with Crippen molar-refractivity contribution >= 4 is 29.0 Å². The van der Waals surface area contributed by atoms with Crippen LogP contribution in [-0.2, 0) is 11.2 Å². The van der Waals surface area contributed by atoms with Crippen molar-refractivity contribution in [2.24, 2.45) is 0 Å². The maximum Gasteiger partial charge on any atom is 0.356 e. The molecule has 0 atom stereocenters. The lowest BCUT2D eigenvalue weighted by atomic mass is 10.1. The van der Waals surface area contributed by atoms with Crippen LogP contribution < -0.4 is 9.47 Å². The van der Waals surface area contributed by atoms with Gasteiger partial charge in [-0.25, -0.2) is 19.7 Å². The van der Waals surface area contributed by atoms with E-state index in [1.807, 2.05) is 12.4 Å². The van der Waals surface area contributed by atoms with Crippen molar-refractivity contribution in [2.45, 2.75) is 13.3 Å². The van der Waals surface area contributed by atoms with Crippen LogP contribution in [0.15, 0.2) is 36.1 Å². The van der Waals surface area contributed by atoms with Crippen LogP contribution in [0, 0.1) is 18.3 Å². The molecule has 9 heteroatoms. The van der Waals surface area contributed by atoms with Gasteiger partial charge in [0.15, 0.2) is 5.75 Å². The molecular weight excluding hydrogens is 416 g/mol. The number of rotatable bonds is 8. The minimum atomic E-state index is -0.549. The molecule has 3 aromatic rings. The van der Waals surface area contributed by atoms with Gasteiger partial charge in [-0.05, 0) is 36.8 Å². The summed E-state index contributed by atoms with van der Waals surface area (Å²) >= 11 is 1.58. The molecule has 0 radical (unpaired) electrons. The number of methoxy groups -OCH3 is 2. The van der Waals surface area contributed by atoms with Crippen molar-refractivity contribution in [2.75, 3.05) is 20.8 Å². The third-order valence-corrected chi connectivity index (χ3v) is 5.36. The number of ether oxygens (including phenoxy) is 3. The predicted octanol–water partition coefficient (Wildman–Crippen LogP) is 3.72. The van der Waals surface area contributed by atoms with Gasteiger partial charge in [0, 0.05) is 29.3 Å². The fraction of sp³-hybridized carbons (Fsp3) is 0.227. The van der Waals surface area contributed by atoms with Gasteiger partial charge in [-0.1, -0.05) is 0 Å². The minimum absolute atomic E-state index is 0.156. The summed E-state index contributed by atoms with van der Waals surface area (Å²) in [6, 6.07) is 7.11. The highest BCUT2D eigenvalue weighted by atomic mass is 32.1. The van der Waals surface area contributed by atoms with Gasteiger partial charge in [0.05, 0.1) is 43.7 Å². The summed E-state index contributed by atoms with van der Waals surface area (Å²) in [7, 11) is 2.79. The molecule has 0 saturated heterocycles. The Morgan fingerprint density at radius 3 is 2.77 bits per heavy atom. The Morgan fingerprint density at radius 2 is 2.10 bits per heavy atom. The van der Waals surface area contributed by atoms with E-state index in [0.29, 0.717) is 41.4 Å². The molecule has 3 aromatic heterocycles. The molecule has 0 aliphatic rings. The van der Waals surface area contributed by atoms with E-state index in [-0.39, 0.29) is 5.69 Å². The predicted molar refractivity (Wildman–Crippen MR) is 116 cm³/mol. The molecule has 3 heterocycles. The molecule has 0 aromatic carbocycles. The molecule has 0 bridgehead atoms. The average Bonchev–Trinajstić information content (AvgIpc) is 3.21. The fourth-order valence-electron chi connectivity index (χ4n) is 2.76. The lowest BCUT2D eigenvalue weighted by molar-refractivity contribution is 0.0594. The van der Waals surface area contributed by atoms with E-state index in [1.54, 1.807) is 35.6 Å². The summed E-state index contributed by atoms with van der Waals surface area (Å²) in [6.07, 6.45) is 5.37. The Kier molecular flexibility index (Phi) is 7.30. The Hall–Kier alpha value is -3.77. The third kappa shape index (κ3) is 5.43. The van der Waals surface area contributed by atoms with Crippen molar-refractivity contribution in [3.05, 3.63) is 63.5 Å². The molecule has 0 aliphatic heterocycles. The summed E-state index contributed by atoms with van der Waals surface area (Å²) in [4.78, 5) is 25.3. The Bertz CT molecular complexity index is 1150. The number of pyridine rings is 2. The number of esters is 1. The standard InChI is InChI=1S/C22H20N4O4S/c1-14-20(31-13-26-14)5-7-30-19-10-17(12-25-21(19)28-2)16(11-23)8-15-4-6-24-18(9-15)22(27)29-3/h4,6,8-10,12-13H,5,7H2,1-3H3/b16-8+. The Balaban J connectivity index is 1.84. The van der Waals surface area contributed by atoms with E-state index in [2.05, 4.69) is 25.8 Å². The average molecular weight is 436 g/mol. The number of aromatic nitrogens is 3. The molecule has 0 saturated carbocycles. The van der Waals surface area contributed by atoms with Crippen LogP contribution in [0.2, 0.25) is 0 Å². The second kappa shape index (κ2) is 10.3. The summed E-state index contributed by atoms with van der Waals surface area (Å²) in [6.45, 7) is 2.38. The van der Waals surface area contributed by atoms with Crippen molar-refractivity contribution in [1.29, 1.82) is 5.26 Å². The highest BCUT2D eigenvalue weighted by molar-refractivity contribution is 7.09. The first-order valence-corrected chi connectivity index (χ1v) is 10.2. The largest absolute Gasteiger partial charge is 0.488 e. The van der Waals surface area contributed by atoms with Gasteiger partial charge in [-0.2, -0.15) is 5.26 Å². The van der Waals surface area contributed by atoms with Crippen LogP contribution in [0.3, 0.4) is 0 Å². The van der Waals surface area contributed by atoms with E-state index >= 15 is 0 Å². The molecule has 0 unspecified atom stereocenters. The van der Waals surface area contributed by atoms with Crippen molar-refractivity contribution < 1.29 is 19.0 Å². The number of hydrogen-bond acceptors (Lipinski definition) is 9. The molecule has 0 spiro atoms. The van der Waals surface area contributed by atoms with E-state index in [0.717, 1.165) is 10.6 Å². The van der Waals surface area contributed by atoms with Crippen LogP contribution in [0.1, 0.15) is 32.2 Å². The molecule has 0 aliphatic carbocycles. The number of allylic oxidation sites excluding steroid dienone is 1. The van der Waals surface area contributed by atoms with Gasteiger partial charge in [-0.3, -0.25) is 0 Å². The van der Waals surface area contributed by atoms with Gasteiger partial charge in [0.2, 0.25) is 0 Å². The fourth-order valence-corrected chi connectivity index (χ4v) is 3.52. The van der Waals surface area contributed by atoms with Crippen molar-refractivity contribution in [1.82, 2.24) is 15.0 Å². The monoisotopic (exact) mass is 436 g/mol. The van der Waals surface area contributed by atoms with Crippen LogP contribution in [0.4, 0.5) is 0 Å². The number of nitriles is 1. The molecule has 31 heavy (non-hydrogen) atoms. The minimum Gasteiger partial charge on any atom is -0.488 e. The summed E-state index contributed by atoms with van der Waals surface area (Å²) < 4.78 is 15.9. The zero-order valence-electron chi connectivity index (χ0n) is 17.3. The van der Waals surface area contributed by atoms with Crippen LogP contribution in [0.25, 0.3) is 11.6 Å². The molecule has 3 rings (SSSR count). The Morgan fingerprint density at radius 1 is 1.26 bits per heavy atom. The first-order chi connectivity index (χ1) is 15.0. The Labute approximate surface area is 183 Å². The van der Waals surface area contributed by atoms with Gasteiger partial charge in [0.25, 0.3) is 5.88 Å². The van der Waals surface area contributed by atoms with Crippen LogP contribution in [0.5, 0.6) is 11.6 Å². The topological polar surface area (TPSA) is 107 Å². The normalized spacial score (nSPS) is 11.0. The van der Waals surface area contributed by atoms with Crippen molar-refractivity contribution in [3.63, 3.8) is 0 Å². The van der Waals surface area contributed by atoms with Gasteiger partial charge in [-0.15, -0.1) is 11.3 Å². The molecule has 0 N–H and O–H groups in total. The lowest BCUT2D eigenvalue weighted by Gasteiger charge is -2.11. The maximum absolute atomic E-state index is 11.7. The summed E-state index contributed by atoms with van der Waals surface area (Å²) in [5, 5.41) is 9.68. The number of aryl methyl sites for hydroxylation is 1. The summed E-state index contributed by atoms with van der Waals surface area (Å²) in [5.74, 6) is 0.221. The summed E-state index contributed by atoms with van der Waals surface area (Å²) in [5.41, 5.74) is 4.49. The highest BCUT2D eigenvalue weighted by Gasteiger charge is 2.12. The second-order valence-corrected chi connectivity index (χ2v) is 7.27. The van der Waals surface area contributed by atoms with E-state index in [1.165, 1.54) is 26.6 Å². The van der Waals surface area contributed by atoms with E-state index in [9.17, 15) is 10.1 Å². The number of hydrogen-bond donors (Lipinski definition) is 0. The number of nitrogens with zero attached hydrogens (tertiary/aromatic N) is 4. The van der Waals surface area contributed by atoms with Crippen LogP contribution >= 0.6 is 11.3 Å². The first kappa shape index (κ1) is 21.9. The second-order valence-electron chi connectivity index (χ2n) is 6.33. The van der Waals surface area contributed by atoms with Gasteiger partial charge < -0.3 is 14.2 Å². The van der Waals surface area contributed by atoms with E-state index < -0.39 is 5.97 Å². The zero-order chi connectivity index (χ0) is 22.2. The molecule has 8 nitrogen and oxygen atoms in total. The SMILES string of the molecule is COC(=O)c1cc(/C=C(\C#N)c2cnc(OC)c(OCCc3scnc3C)c2)ccn1. The smallest absolute Gasteiger partial charge is 0.356 e. The third-order valence-electron chi connectivity index (χ3n) is 4.36. The number of carbonyl (C=O) groups excluding carboxylic acids is 1. The number of carbonyl (C=O) groups is 1. The van der Waals surface area contributed by atoms with Gasteiger partial charge >= 0.3 is 5.97 Å². The van der Waals surface area contributed by atoms with Crippen molar-refractivity contribution in [3.8, 4) is 17.7 Å². The van der Waals surface area contributed by atoms with Gasteiger partial charge in [0.1, 0.15) is 5.69 Å². The first-order valence-electron chi connectivity index (χ1n) is 9.28. The lowest BCUT2D eigenvalue weighted by Crippen LogP contribution is -2.04. The molecule has 158 valence electrons. The van der Waals surface area contributed by atoms with Crippen LogP contribution in [-0.4, -0.2) is 41.7 Å². The highest BCUT2D eigenvalue weighted by Crippen LogP contribution is 2.29. The molecular formula is C22H20N4O4S. The zero-order valence-corrected chi connectivity index (χ0v) is 18.1. The molecule has 0 amide bonds. The molecule has 0 fully saturated rings.